The number of aryl methyl sites for hydroxylation is 1. The summed E-state index contributed by atoms with van der Waals surface area (Å²) >= 11 is 6.29. The van der Waals surface area contributed by atoms with E-state index in [1.807, 2.05) is 0 Å². The molecule has 3 heterocycles. The van der Waals surface area contributed by atoms with Crippen LogP contribution in [-0.4, -0.2) is 40.1 Å². The van der Waals surface area contributed by atoms with Crippen LogP contribution >= 0.6 is 11.6 Å². The van der Waals surface area contributed by atoms with Gasteiger partial charge in [-0.15, -0.1) is 6.34 Å². The van der Waals surface area contributed by atoms with Gasteiger partial charge in [-0.05, 0) is 53.7 Å². The average Bonchev–Trinajstić information content (AvgIpc) is 3.15. The maximum absolute atomic E-state index is 15.4. The summed E-state index contributed by atoms with van der Waals surface area (Å²) in [6.45, 7) is 0. The number of fused-ring (bicyclic) bond motifs is 2. The van der Waals surface area contributed by atoms with Gasteiger partial charge in [0.05, 0.1) is 36.0 Å². The first-order chi connectivity index (χ1) is 26.0. The van der Waals surface area contributed by atoms with Gasteiger partial charge >= 0.3 is 0 Å². The molecule has 0 spiro atoms. The van der Waals surface area contributed by atoms with E-state index in [0.29, 0.717) is 44.7 Å². The van der Waals surface area contributed by atoms with Gasteiger partial charge in [0.2, 0.25) is 11.3 Å². The Balaban J connectivity index is 0.000000541. The van der Waals surface area contributed by atoms with Crippen LogP contribution in [0.2, 0.25) is 5.15 Å². The molecule has 0 unspecified atom stereocenters. The summed E-state index contributed by atoms with van der Waals surface area (Å²) in [6.07, 6.45) is 3.73. The van der Waals surface area contributed by atoms with Crippen molar-refractivity contribution in [2.75, 3.05) is 25.3 Å². The van der Waals surface area contributed by atoms with Crippen LogP contribution in [0.5, 0.6) is 23.1 Å². The number of nitrogens with two attached hydrogens (primary N) is 1. The van der Waals surface area contributed by atoms with Crippen molar-refractivity contribution in [2.45, 2.75) is 7.43 Å². The summed E-state index contributed by atoms with van der Waals surface area (Å²) in [4.78, 5) is 26.4. The normalized spacial score (nSPS) is 10.2. The van der Waals surface area contributed by atoms with E-state index in [2.05, 4.69) is 25.6 Å². The minimum atomic E-state index is -0.705. The molecular weight excluding hydrogens is 996 g/mol. The van der Waals surface area contributed by atoms with Gasteiger partial charge in [-0.3, -0.25) is 4.79 Å². The van der Waals surface area contributed by atoms with Gasteiger partial charge in [0.15, 0.2) is 23.1 Å². The molecule has 0 aliphatic rings. The Bertz CT molecular complexity index is 2600. The van der Waals surface area contributed by atoms with Crippen molar-refractivity contribution >= 4 is 62.6 Å². The Morgan fingerprint density at radius 1 is 0.912 bits per heavy atom. The number of hydrogen-bond donors (Lipinski definition) is 3. The maximum atomic E-state index is 15.4. The summed E-state index contributed by atoms with van der Waals surface area (Å²) < 4.78 is 59.9. The molecule has 0 bridgehead atoms. The minimum absolute atomic E-state index is 0. The molecule has 3 aromatic heterocycles. The molecular formula is C40H36BkClF3N8O4-2. The van der Waals surface area contributed by atoms with Gasteiger partial charge in [0.1, 0.15) is 28.9 Å². The van der Waals surface area contributed by atoms with Crippen molar-refractivity contribution in [2.24, 2.45) is 7.05 Å². The number of nitrogens with one attached hydrogen (secondary N) is 2. The molecule has 0 aliphatic carbocycles. The zero-order chi connectivity index (χ0) is 38.5. The summed E-state index contributed by atoms with van der Waals surface area (Å²) in [5, 5.41) is 13.9. The van der Waals surface area contributed by atoms with Crippen molar-refractivity contribution in [3.63, 3.8) is 0 Å². The number of methoxy groups -OCH3 is 2. The number of nitrogen functional groups attached to an aromatic ring is 1. The second-order valence-corrected chi connectivity index (χ2v) is 11.8. The van der Waals surface area contributed by atoms with E-state index < -0.39 is 17.5 Å². The Labute approximate surface area is 325 Å². The van der Waals surface area contributed by atoms with E-state index in [9.17, 15) is 13.6 Å². The molecule has 0 saturated carbocycles. The standard InChI is InChI=1S/C31H22ClF2N5O4.C7H7FN3.CH4.CH3.Bk/c1-39-14-20(16-4-6-17(33)7-5-16)29(40)28-23(39)13-27(32)38-30(28)37-18-8-9-24(21(34)10-18)43-31-19-11-25(41-2)26(42-3)12-22(19)35-15-36-31;8-6-3-5(10)1-2-7(6)11-4-9;;;/h4-15H,1-3H3,(H,37,38);1-4H,10H2,(H-,9,11);1H4;1H3;/q;-1;;-1;. The van der Waals surface area contributed by atoms with E-state index in [1.54, 1.807) is 42.1 Å². The van der Waals surface area contributed by atoms with Gasteiger partial charge < -0.3 is 48.0 Å². The number of rotatable bonds is 9. The van der Waals surface area contributed by atoms with Crippen LogP contribution in [0.4, 0.5) is 36.1 Å². The van der Waals surface area contributed by atoms with Gasteiger partial charge in [-0.25, -0.2) is 28.1 Å². The van der Waals surface area contributed by atoms with Gasteiger partial charge in [-0.1, -0.05) is 37.2 Å². The third-order valence-corrected chi connectivity index (χ3v) is 8.17. The van der Waals surface area contributed by atoms with E-state index in [-0.39, 0.29) is 59.6 Å². The number of ether oxygens (including phenoxy) is 3. The third kappa shape index (κ3) is 9.27. The van der Waals surface area contributed by atoms with E-state index in [4.69, 9.17) is 37.0 Å². The topological polar surface area (TPSA) is 164 Å². The van der Waals surface area contributed by atoms with E-state index >= 15 is 4.39 Å². The quantitative estimate of drug-likeness (QED) is 0.0420. The predicted molar refractivity (Wildman–Crippen MR) is 216 cm³/mol. The van der Waals surface area contributed by atoms with Crippen molar-refractivity contribution in [1.82, 2.24) is 19.5 Å². The number of hydrogen-bond acceptors (Lipinski definition) is 10. The van der Waals surface area contributed by atoms with Crippen LogP contribution < -0.4 is 30.7 Å². The fourth-order valence-electron chi connectivity index (χ4n) is 5.43. The van der Waals surface area contributed by atoms with Crippen LogP contribution in [0.3, 0.4) is 0 Å². The molecule has 0 aliphatic heterocycles. The van der Waals surface area contributed by atoms with E-state index in [0.717, 1.165) is 6.34 Å². The molecule has 7 rings (SSSR count). The molecule has 17 heteroatoms. The summed E-state index contributed by atoms with van der Waals surface area (Å²) in [5.41, 5.74) is 7.59. The predicted octanol–water partition coefficient (Wildman–Crippen LogP) is 10.1. The number of benzene rings is 4. The Morgan fingerprint density at radius 3 is 2.26 bits per heavy atom. The number of nitrogens with zero attached hydrogens (tertiary/aromatic N) is 5. The molecule has 299 valence electrons. The summed E-state index contributed by atoms with van der Waals surface area (Å²) in [7, 11) is 4.76. The molecule has 12 nitrogen and oxygen atoms in total. The zero-order valence-electron chi connectivity index (χ0n) is 30.0. The molecule has 4 N–H and O–H groups in total. The van der Waals surface area contributed by atoms with Crippen molar-refractivity contribution < 1.29 is 27.4 Å². The van der Waals surface area contributed by atoms with Crippen LogP contribution in [0.25, 0.3) is 38.2 Å². The zero-order valence-corrected chi connectivity index (χ0v) is 33.6. The Hall–Kier alpha value is -7.87. The second kappa shape index (κ2) is 18.4. The van der Waals surface area contributed by atoms with Crippen molar-refractivity contribution in [1.29, 1.82) is 5.41 Å². The molecule has 0 fully saturated rings. The van der Waals surface area contributed by atoms with Crippen molar-refractivity contribution in [3.8, 4) is 34.3 Å². The van der Waals surface area contributed by atoms with E-state index in [1.165, 1.54) is 75.1 Å². The average molecular weight is 1030 g/mol. The molecule has 0 amide bonds. The van der Waals surface area contributed by atoms with Crippen LogP contribution in [0, 0.1) is 30.3 Å². The first-order valence-electron chi connectivity index (χ1n) is 15.8. The smallest absolute Gasteiger partial charge is 0.230 e. The van der Waals surface area contributed by atoms with Crippen LogP contribution in [0.1, 0.15) is 7.43 Å². The Kier molecular flexibility index (Phi) is 14.1. The monoisotopic (exact) mass is 1030 g/mol. The van der Waals surface area contributed by atoms with Crippen LogP contribution in [-0.2, 0) is 7.05 Å². The second-order valence-electron chi connectivity index (χ2n) is 11.4. The van der Waals surface area contributed by atoms with Gasteiger partial charge in [-0.2, -0.15) is 0 Å². The van der Waals surface area contributed by atoms with Gasteiger partial charge in [0, 0.05) is 48.4 Å². The molecule has 4 aromatic carbocycles. The summed E-state index contributed by atoms with van der Waals surface area (Å²) in [6, 6.07) is 18.8. The Morgan fingerprint density at radius 2 is 1.61 bits per heavy atom. The number of halogens is 4. The molecule has 0 atom stereocenters. The summed E-state index contributed by atoms with van der Waals surface area (Å²) in [5.74, 6) is -0.573. The fraction of sp³-hybridized carbons (Fsp3) is 0.100. The first kappa shape index (κ1) is 43.5. The molecule has 0 saturated heterocycles. The van der Waals surface area contributed by atoms with Crippen molar-refractivity contribution in [3.05, 3.63) is 137 Å². The molecule has 57 heavy (non-hydrogen) atoms. The SMILES string of the molecule is C.COc1cc2ncnc(Oc3ccc(Nc4nc(Cl)cc5c4c(=O)c(-c4ccc(F)cc4)cn5C)cc3F)c2cc1OC.N=C[N-]c1ccc(N)cc1F.[Bk].[CH3-]. The number of anilines is 3. The number of pyridine rings is 2. The number of aromatic nitrogens is 4. The fourth-order valence-corrected chi connectivity index (χ4v) is 5.61. The maximum Gasteiger partial charge on any atom is 0.230 e. The third-order valence-electron chi connectivity index (χ3n) is 7.98. The molecule has 7 aromatic rings. The molecule has 1 radical (unpaired) electrons. The first-order valence-corrected chi connectivity index (χ1v) is 16.2. The van der Waals surface area contributed by atoms with Gasteiger partial charge in [0.25, 0.3) is 0 Å². The minimum Gasteiger partial charge on any atom is -0.493 e. The largest absolute Gasteiger partial charge is 0.493 e. The van der Waals surface area contributed by atoms with Crippen LogP contribution in [0.15, 0.2) is 96.2 Å².